The summed E-state index contributed by atoms with van der Waals surface area (Å²) in [6.45, 7) is 0.842. The summed E-state index contributed by atoms with van der Waals surface area (Å²) in [5, 5.41) is 0.194. The average molecular weight is 621 g/mol. The number of hydrogen-bond donors (Lipinski definition) is 1. The van der Waals surface area contributed by atoms with Gasteiger partial charge in [0.15, 0.2) is 6.10 Å². The van der Waals surface area contributed by atoms with Gasteiger partial charge >= 0.3 is 18.3 Å². The number of pyridine rings is 2. The number of aromatic nitrogens is 4. The maximum absolute atomic E-state index is 14.0. The number of benzene rings is 1. The van der Waals surface area contributed by atoms with Gasteiger partial charge in [-0.3, -0.25) is 9.78 Å². The lowest BCUT2D eigenvalue weighted by Crippen LogP contribution is -2.34. The molecule has 2 atom stereocenters. The minimum absolute atomic E-state index is 0.0355. The summed E-state index contributed by atoms with van der Waals surface area (Å²) in [6.07, 6.45) is -7.80. The van der Waals surface area contributed by atoms with Crippen LogP contribution in [-0.4, -0.2) is 49.5 Å². The Morgan fingerprint density at radius 2 is 1.82 bits per heavy atom. The second-order valence-electron chi connectivity index (χ2n) is 9.78. The van der Waals surface area contributed by atoms with Crippen LogP contribution in [0.2, 0.25) is 0 Å². The predicted molar refractivity (Wildman–Crippen MR) is 140 cm³/mol. The van der Waals surface area contributed by atoms with Crippen LogP contribution >= 0.6 is 0 Å². The topological polar surface area (TPSA) is 133 Å². The SMILES string of the molecule is CC(c1ncccn1)N(Cc1ccc(C(F)(F)F)cn1)C(=O)c1ccc2nc(N)c3c(c2c1)[C@@H](OC(=O)C(F)(F)F)COC3. The van der Waals surface area contributed by atoms with Gasteiger partial charge in [-0.15, -0.1) is 0 Å². The van der Waals surface area contributed by atoms with Gasteiger partial charge in [0.2, 0.25) is 0 Å². The van der Waals surface area contributed by atoms with E-state index in [9.17, 15) is 35.9 Å². The van der Waals surface area contributed by atoms with Crippen molar-refractivity contribution in [2.75, 3.05) is 12.3 Å². The minimum Gasteiger partial charge on any atom is -0.448 e. The lowest BCUT2D eigenvalue weighted by Gasteiger charge is -2.29. The van der Waals surface area contributed by atoms with Crippen molar-refractivity contribution in [1.82, 2.24) is 24.8 Å². The number of fused-ring (bicyclic) bond motifs is 3. The van der Waals surface area contributed by atoms with Gasteiger partial charge < -0.3 is 20.1 Å². The van der Waals surface area contributed by atoms with Crippen LogP contribution in [0.4, 0.5) is 32.2 Å². The Balaban J connectivity index is 1.56. The zero-order chi connectivity index (χ0) is 31.8. The van der Waals surface area contributed by atoms with Crippen molar-refractivity contribution in [3.05, 3.63) is 88.8 Å². The number of carbonyl (C=O) groups is 2. The Morgan fingerprint density at radius 3 is 2.45 bits per heavy atom. The van der Waals surface area contributed by atoms with E-state index in [1.54, 1.807) is 13.0 Å². The van der Waals surface area contributed by atoms with E-state index in [1.807, 2.05) is 0 Å². The monoisotopic (exact) mass is 620 g/mol. The van der Waals surface area contributed by atoms with Crippen molar-refractivity contribution in [2.24, 2.45) is 0 Å². The van der Waals surface area contributed by atoms with Crippen LogP contribution < -0.4 is 5.73 Å². The molecule has 1 aliphatic rings. The number of ether oxygens (including phenoxy) is 2. The summed E-state index contributed by atoms with van der Waals surface area (Å²) in [6, 6.07) is 6.96. The zero-order valence-electron chi connectivity index (χ0n) is 22.7. The second kappa shape index (κ2) is 11.7. The standard InChI is InChI=1S/C28H22F6N6O4/c1-14(24-36-7-2-8-37-24)40(11-17-5-4-16(10-38-17)27(29,30)31)25(41)15-3-6-20-18(9-15)22-19(23(35)39-20)12-43-13-21(22)44-26(42)28(32,33)34/h2-10,14,21H,11-13H2,1H3,(H2,35,39)/t14?,21-/m0/s1. The van der Waals surface area contributed by atoms with Crippen LogP contribution in [0.25, 0.3) is 10.9 Å². The molecule has 1 aliphatic heterocycles. The summed E-state index contributed by atoms with van der Waals surface area (Å²) >= 11 is 0. The molecule has 1 amide bonds. The van der Waals surface area contributed by atoms with Crippen molar-refractivity contribution in [2.45, 2.75) is 44.6 Å². The number of anilines is 1. The number of nitrogen functional groups attached to an aromatic ring is 1. The molecule has 3 aromatic heterocycles. The summed E-state index contributed by atoms with van der Waals surface area (Å²) in [4.78, 5) is 43.5. The number of hydrogen-bond acceptors (Lipinski definition) is 9. The molecule has 10 nitrogen and oxygen atoms in total. The quantitative estimate of drug-likeness (QED) is 0.231. The molecule has 0 saturated carbocycles. The molecular formula is C28H22F6N6O4. The van der Waals surface area contributed by atoms with E-state index in [0.29, 0.717) is 6.20 Å². The summed E-state index contributed by atoms with van der Waals surface area (Å²) in [5.41, 5.74) is 5.77. The second-order valence-corrected chi connectivity index (χ2v) is 9.78. The molecule has 4 heterocycles. The Morgan fingerprint density at radius 1 is 1.09 bits per heavy atom. The summed E-state index contributed by atoms with van der Waals surface area (Å²) in [5.74, 6) is -2.88. The first-order chi connectivity index (χ1) is 20.7. The minimum atomic E-state index is -5.27. The number of rotatable bonds is 6. The molecule has 16 heteroatoms. The Bertz CT molecular complexity index is 1700. The number of nitrogens with zero attached hydrogens (tertiary/aromatic N) is 5. The highest BCUT2D eigenvalue weighted by molar-refractivity contribution is 5.99. The van der Waals surface area contributed by atoms with Gasteiger partial charge in [0.05, 0.1) is 42.6 Å². The van der Waals surface area contributed by atoms with Crippen molar-refractivity contribution < 1.29 is 45.4 Å². The smallest absolute Gasteiger partial charge is 0.448 e. The van der Waals surface area contributed by atoms with E-state index < -0.39 is 48.5 Å². The number of alkyl halides is 6. The van der Waals surface area contributed by atoms with Crippen LogP contribution in [-0.2, 0) is 33.6 Å². The molecule has 44 heavy (non-hydrogen) atoms. The van der Waals surface area contributed by atoms with Gasteiger partial charge in [0.25, 0.3) is 5.91 Å². The normalized spacial score (nSPS) is 15.8. The summed E-state index contributed by atoms with van der Waals surface area (Å²) in [7, 11) is 0. The van der Waals surface area contributed by atoms with Gasteiger partial charge in [-0.25, -0.2) is 19.7 Å². The van der Waals surface area contributed by atoms with Gasteiger partial charge in [-0.05, 0) is 43.3 Å². The highest BCUT2D eigenvalue weighted by atomic mass is 19.4. The molecule has 0 aliphatic carbocycles. The molecule has 4 aromatic rings. The molecular weight excluding hydrogens is 598 g/mol. The maximum atomic E-state index is 14.0. The highest BCUT2D eigenvalue weighted by Gasteiger charge is 2.44. The fourth-order valence-electron chi connectivity index (χ4n) is 4.72. The Kier molecular flexibility index (Phi) is 8.11. The van der Waals surface area contributed by atoms with Gasteiger partial charge in [-0.1, -0.05) is 0 Å². The summed E-state index contributed by atoms with van der Waals surface area (Å²) < 4.78 is 88.4. The van der Waals surface area contributed by atoms with Crippen molar-refractivity contribution in [3.63, 3.8) is 0 Å². The van der Waals surface area contributed by atoms with E-state index in [-0.39, 0.29) is 58.1 Å². The number of halogens is 6. The molecule has 0 fully saturated rings. The van der Waals surface area contributed by atoms with Crippen LogP contribution in [0.3, 0.4) is 0 Å². The maximum Gasteiger partial charge on any atom is 0.490 e. The third kappa shape index (κ3) is 6.24. The molecule has 230 valence electrons. The van der Waals surface area contributed by atoms with Gasteiger partial charge in [-0.2, -0.15) is 26.3 Å². The molecule has 0 saturated heterocycles. The predicted octanol–water partition coefficient (Wildman–Crippen LogP) is 5.10. The molecule has 5 rings (SSSR count). The lowest BCUT2D eigenvalue weighted by atomic mass is 9.95. The molecule has 0 spiro atoms. The van der Waals surface area contributed by atoms with Crippen molar-refractivity contribution >= 4 is 28.6 Å². The molecule has 2 N–H and O–H groups in total. The van der Waals surface area contributed by atoms with Crippen molar-refractivity contribution in [3.8, 4) is 0 Å². The zero-order valence-corrected chi connectivity index (χ0v) is 22.7. The van der Waals surface area contributed by atoms with E-state index in [0.717, 1.165) is 12.1 Å². The first-order valence-corrected chi connectivity index (χ1v) is 12.9. The largest absolute Gasteiger partial charge is 0.490 e. The molecule has 0 radical (unpaired) electrons. The third-order valence-corrected chi connectivity index (χ3v) is 6.90. The number of carbonyl (C=O) groups excluding carboxylic acids is 2. The Labute approximate surface area is 244 Å². The highest BCUT2D eigenvalue weighted by Crippen LogP contribution is 2.38. The number of esters is 1. The third-order valence-electron chi connectivity index (χ3n) is 6.90. The van der Waals surface area contributed by atoms with Gasteiger partial charge in [0.1, 0.15) is 11.6 Å². The fourth-order valence-corrected chi connectivity index (χ4v) is 4.72. The molecule has 1 unspecified atom stereocenters. The number of nitrogens with two attached hydrogens (primary N) is 1. The van der Waals surface area contributed by atoms with Crippen LogP contribution in [0.15, 0.2) is 55.0 Å². The Hall–Kier alpha value is -4.86. The molecule has 0 bridgehead atoms. The average Bonchev–Trinajstić information content (AvgIpc) is 2.99. The van der Waals surface area contributed by atoms with Crippen LogP contribution in [0.1, 0.15) is 57.6 Å². The number of amides is 1. The van der Waals surface area contributed by atoms with Gasteiger partial charge in [0, 0.05) is 40.7 Å². The van der Waals surface area contributed by atoms with E-state index in [4.69, 9.17) is 15.2 Å². The van der Waals surface area contributed by atoms with Crippen molar-refractivity contribution in [1.29, 1.82) is 0 Å². The molecule has 1 aromatic carbocycles. The van der Waals surface area contributed by atoms with E-state index in [1.165, 1.54) is 35.5 Å². The first-order valence-electron chi connectivity index (χ1n) is 12.9. The van der Waals surface area contributed by atoms with Crippen LogP contribution in [0, 0.1) is 0 Å². The van der Waals surface area contributed by atoms with E-state index >= 15 is 0 Å². The van der Waals surface area contributed by atoms with Crippen LogP contribution in [0.5, 0.6) is 0 Å². The lowest BCUT2D eigenvalue weighted by molar-refractivity contribution is -0.208. The first kappa shape index (κ1) is 30.6. The van der Waals surface area contributed by atoms with E-state index in [2.05, 4.69) is 19.9 Å². The fraction of sp³-hybridized carbons (Fsp3) is 0.286.